The highest BCUT2D eigenvalue weighted by molar-refractivity contribution is 8.83. The maximum atomic E-state index is 2.24. The molecule has 4 heteroatoms. The van der Waals surface area contributed by atoms with Gasteiger partial charge in [-0.1, -0.05) is 60.7 Å². The molecule has 0 aliphatic heterocycles. The van der Waals surface area contributed by atoms with Crippen molar-refractivity contribution < 1.29 is 0 Å². The molecule has 0 aliphatic rings. The van der Waals surface area contributed by atoms with Crippen LogP contribution in [0, 0.1) is 0 Å². The topological polar surface area (TPSA) is 0 Å². The SMILES string of the molecule is CS/C(=C\c1ccccc1)SS/C(=C/c1ccccc1)SC. The van der Waals surface area contributed by atoms with Crippen LogP contribution < -0.4 is 0 Å². The zero-order chi connectivity index (χ0) is 15.6. The van der Waals surface area contributed by atoms with Gasteiger partial charge in [-0.15, -0.1) is 23.5 Å². The van der Waals surface area contributed by atoms with E-state index in [0.717, 1.165) is 0 Å². The molecule has 0 amide bonds. The van der Waals surface area contributed by atoms with Crippen LogP contribution in [-0.4, -0.2) is 12.5 Å². The van der Waals surface area contributed by atoms with Crippen molar-refractivity contribution >= 4 is 57.3 Å². The molecule has 0 atom stereocenters. The lowest BCUT2D eigenvalue weighted by atomic mass is 10.2. The zero-order valence-electron chi connectivity index (χ0n) is 12.6. The molecule has 0 aliphatic carbocycles. The van der Waals surface area contributed by atoms with Gasteiger partial charge in [-0.3, -0.25) is 0 Å². The minimum atomic E-state index is 1.25. The third-order valence-electron chi connectivity index (χ3n) is 2.78. The van der Waals surface area contributed by atoms with Gasteiger partial charge in [0.05, 0.1) is 8.47 Å². The number of thioether (sulfide) groups is 2. The molecule has 0 nitrogen and oxygen atoms in total. The fourth-order valence-electron chi connectivity index (χ4n) is 1.69. The second-order valence-electron chi connectivity index (χ2n) is 4.32. The second kappa shape index (κ2) is 10.2. The summed E-state index contributed by atoms with van der Waals surface area (Å²) in [5.41, 5.74) is 2.50. The first-order valence-electron chi connectivity index (χ1n) is 6.78. The maximum Gasteiger partial charge on any atom is 0.0517 e. The highest BCUT2D eigenvalue weighted by Gasteiger charge is 2.03. The van der Waals surface area contributed by atoms with E-state index in [1.54, 1.807) is 23.5 Å². The molecule has 0 radical (unpaired) electrons. The number of hydrogen-bond donors (Lipinski definition) is 0. The Morgan fingerprint density at radius 3 is 1.32 bits per heavy atom. The van der Waals surface area contributed by atoms with Crippen molar-refractivity contribution in [2.45, 2.75) is 0 Å². The molecule has 0 saturated carbocycles. The second-order valence-corrected chi connectivity index (χ2v) is 8.75. The number of hydrogen-bond acceptors (Lipinski definition) is 4. The Morgan fingerprint density at radius 2 is 1.00 bits per heavy atom. The number of rotatable bonds is 7. The van der Waals surface area contributed by atoms with E-state index in [0.29, 0.717) is 0 Å². The summed E-state index contributed by atoms with van der Waals surface area (Å²) in [6.45, 7) is 0. The molecule has 0 saturated heterocycles. The quantitative estimate of drug-likeness (QED) is 0.482. The first kappa shape index (κ1) is 17.7. The van der Waals surface area contributed by atoms with Gasteiger partial charge in [0.15, 0.2) is 0 Å². The van der Waals surface area contributed by atoms with Crippen LogP contribution in [0.4, 0.5) is 0 Å². The van der Waals surface area contributed by atoms with Gasteiger partial charge in [-0.25, -0.2) is 0 Å². The summed E-state index contributed by atoms with van der Waals surface area (Å²) in [5.74, 6) is 0. The Balaban J connectivity index is 2.02. The Morgan fingerprint density at radius 1 is 0.636 bits per heavy atom. The van der Waals surface area contributed by atoms with E-state index in [1.807, 2.05) is 33.7 Å². The summed E-state index contributed by atoms with van der Waals surface area (Å²) in [4.78, 5) is 0. The molecule has 0 unspecified atom stereocenters. The third kappa shape index (κ3) is 6.21. The Labute approximate surface area is 149 Å². The normalized spacial score (nSPS) is 12.5. The van der Waals surface area contributed by atoms with E-state index in [2.05, 4.69) is 73.2 Å². The highest BCUT2D eigenvalue weighted by atomic mass is 33.1. The van der Waals surface area contributed by atoms with E-state index >= 15 is 0 Å². The van der Waals surface area contributed by atoms with E-state index in [1.165, 1.54) is 19.6 Å². The van der Waals surface area contributed by atoms with Crippen LogP contribution in [0.1, 0.15) is 11.1 Å². The molecular weight excluding hydrogens is 344 g/mol. The fourth-order valence-corrected chi connectivity index (χ4v) is 5.89. The van der Waals surface area contributed by atoms with Gasteiger partial charge in [-0.05, 0) is 57.4 Å². The summed E-state index contributed by atoms with van der Waals surface area (Å²) >= 11 is 3.58. The highest BCUT2D eigenvalue weighted by Crippen LogP contribution is 2.45. The van der Waals surface area contributed by atoms with Crippen LogP contribution >= 0.6 is 45.1 Å². The van der Waals surface area contributed by atoms with E-state index in [-0.39, 0.29) is 0 Å². The van der Waals surface area contributed by atoms with Gasteiger partial charge in [-0.2, -0.15) is 0 Å². The molecule has 22 heavy (non-hydrogen) atoms. The predicted molar refractivity (Wildman–Crippen MR) is 111 cm³/mol. The Bertz CT molecular complexity index is 561. The van der Waals surface area contributed by atoms with Crippen molar-refractivity contribution in [1.29, 1.82) is 0 Å². The van der Waals surface area contributed by atoms with Crippen LogP contribution in [-0.2, 0) is 0 Å². The summed E-state index contributed by atoms with van der Waals surface area (Å²) in [6, 6.07) is 20.9. The molecule has 114 valence electrons. The number of benzene rings is 2. The average molecular weight is 363 g/mol. The molecule has 0 aromatic heterocycles. The molecular formula is C18H18S4. The van der Waals surface area contributed by atoms with Crippen molar-refractivity contribution in [2.75, 3.05) is 12.5 Å². The van der Waals surface area contributed by atoms with Gasteiger partial charge in [0.2, 0.25) is 0 Å². The van der Waals surface area contributed by atoms with Crippen molar-refractivity contribution in [1.82, 2.24) is 0 Å². The van der Waals surface area contributed by atoms with E-state index in [4.69, 9.17) is 0 Å². The standard InChI is InChI=1S/C18H18S4/c1-19-17(13-15-9-5-3-6-10-15)21-22-18(20-2)14-16-11-7-4-8-12-16/h3-14H,1-2H3/b17-13+,18-14+. The first-order valence-corrected chi connectivity index (χ1v) is 11.4. The summed E-state index contributed by atoms with van der Waals surface area (Å²) < 4.78 is 2.62. The maximum absolute atomic E-state index is 2.24. The van der Waals surface area contributed by atoms with Crippen molar-refractivity contribution in [3.63, 3.8) is 0 Å². The first-order chi connectivity index (χ1) is 10.8. The minimum absolute atomic E-state index is 1.25. The molecule has 0 fully saturated rings. The van der Waals surface area contributed by atoms with Crippen LogP contribution in [0.2, 0.25) is 0 Å². The molecule has 2 rings (SSSR count). The monoisotopic (exact) mass is 362 g/mol. The van der Waals surface area contributed by atoms with Crippen LogP contribution in [0.3, 0.4) is 0 Å². The largest absolute Gasteiger partial charge is 0.122 e. The molecule has 2 aromatic rings. The lowest BCUT2D eigenvalue weighted by Gasteiger charge is -2.06. The summed E-state index contributed by atoms with van der Waals surface area (Å²) in [7, 11) is 3.64. The van der Waals surface area contributed by atoms with Gasteiger partial charge < -0.3 is 0 Å². The average Bonchev–Trinajstić information content (AvgIpc) is 2.59. The molecule has 0 N–H and O–H groups in total. The van der Waals surface area contributed by atoms with Gasteiger partial charge in [0.25, 0.3) is 0 Å². The van der Waals surface area contributed by atoms with Gasteiger partial charge in [0, 0.05) is 0 Å². The zero-order valence-corrected chi connectivity index (χ0v) is 15.8. The molecule has 0 spiro atoms. The van der Waals surface area contributed by atoms with Crippen molar-refractivity contribution in [3.05, 3.63) is 80.3 Å². The van der Waals surface area contributed by atoms with E-state index < -0.39 is 0 Å². The third-order valence-corrected chi connectivity index (χ3v) is 7.92. The van der Waals surface area contributed by atoms with E-state index in [9.17, 15) is 0 Å². The predicted octanol–water partition coefficient (Wildman–Crippen LogP) is 7.09. The minimum Gasteiger partial charge on any atom is -0.122 e. The fraction of sp³-hybridized carbons (Fsp3) is 0.111. The lowest BCUT2D eigenvalue weighted by molar-refractivity contribution is 1.66. The molecule has 0 bridgehead atoms. The van der Waals surface area contributed by atoms with Crippen LogP contribution in [0.15, 0.2) is 69.1 Å². The Hall–Kier alpha value is -0.680. The van der Waals surface area contributed by atoms with Crippen LogP contribution in [0.5, 0.6) is 0 Å². The van der Waals surface area contributed by atoms with Crippen molar-refractivity contribution in [3.8, 4) is 0 Å². The van der Waals surface area contributed by atoms with Crippen LogP contribution in [0.25, 0.3) is 12.2 Å². The summed E-state index contributed by atoms with van der Waals surface area (Å²) in [6.07, 6.45) is 8.73. The smallest absolute Gasteiger partial charge is 0.0517 e. The lowest BCUT2D eigenvalue weighted by Crippen LogP contribution is -1.73. The molecule has 0 heterocycles. The van der Waals surface area contributed by atoms with Crippen molar-refractivity contribution in [2.24, 2.45) is 0 Å². The van der Waals surface area contributed by atoms with Gasteiger partial charge >= 0.3 is 0 Å². The summed E-state index contributed by atoms with van der Waals surface area (Å²) in [5, 5.41) is 0. The molecule has 2 aromatic carbocycles. The van der Waals surface area contributed by atoms with Gasteiger partial charge in [0.1, 0.15) is 0 Å². The Kier molecular flexibility index (Phi) is 8.16.